The van der Waals surface area contributed by atoms with Crippen molar-refractivity contribution in [1.82, 2.24) is 0 Å². The molecule has 0 aliphatic rings. The van der Waals surface area contributed by atoms with Crippen LogP contribution in [0.3, 0.4) is 0 Å². The lowest BCUT2D eigenvalue weighted by atomic mass is 9.97. The van der Waals surface area contributed by atoms with Gasteiger partial charge >= 0.3 is 17.9 Å². The van der Waals surface area contributed by atoms with Gasteiger partial charge in [-0.25, -0.2) is 0 Å². The van der Waals surface area contributed by atoms with Gasteiger partial charge in [-0.3, -0.25) is 19.2 Å². The summed E-state index contributed by atoms with van der Waals surface area (Å²) in [6, 6.07) is 0. The van der Waals surface area contributed by atoms with E-state index < -0.39 is 11.9 Å². The number of Topliss-reactive ketones (excluding diaryl/α,β-unsaturated/α-hetero) is 1. The van der Waals surface area contributed by atoms with Crippen LogP contribution in [-0.4, -0.2) is 48.8 Å². The van der Waals surface area contributed by atoms with Gasteiger partial charge in [0.15, 0.2) is 0 Å². The molecule has 0 aromatic heterocycles. The lowest BCUT2D eigenvalue weighted by molar-refractivity contribution is -0.151. The zero-order valence-corrected chi connectivity index (χ0v) is 22.0. The molecule has 0 aliphatic carbocycles. The Bertz CT molecular complexity index is 509. The van der Waals surface area contributed by atoms with Crippen LogP contribution in [0.4, 0.5) is 0 Å². The molecular weight excluding hydrogens is 480 g/mol. The Labute approximate surface area is 202 Å². The molecule has 0 spiro atoms. The fourth-order valence-corrected chi connectivity index (χ4v) is 3.28. The molecule has 7 nitrogen and oxygen atoms in total. The average Bonchev–Trinajstić information content (AvgIpc) is 2.73. The van der Waals surface area contributed by atoms with Crippen LogP contribution in [-0.2, 0) is 33.4 Å². The molecular formula is C24H43BrO7. The van der Waals surface area contributed by atoms with Crippen molar-refractivity contribution in [3.05, 3.63) is 0 Å². The van der Waals surface area contributed by atoms with Gasteiger partial charge in [0.25, 0.3) is 0 Å². The van der Waals surface area contributed by atoms with Crippen molar-refractivity contribution in [2.45, 2.75) is 98.3 Å². The van der Waals surface area contributed by atoms with Crippen LogP contribution in [0.25, 0.3) is 0 Å². The molecule has 0 saturated carbocycles. The fraction of sp³-hybridized carbons (Fsp3) is 0.833. The van der Waals surface area contributed by atoms with E-state index in [0.29, 0.717) is 39.1 Å². The van der Waals surface area contributed by atoms with Crippen molar-refractivity contribution in [2.75, 3.05) is 25.2 Å². The SMILES string of the molecule is CCOC(=O)CCCCCCBr.CCOC(=O)CCCCCCC(C(C)=O)C(=O)OCC. The largest absolute Gasteiger partial charge is 0.466 e. The first-order chi connectivity index (χ1) is 15.3. The summed E-state index contributed by atoms with van der Waals surface area (Å²) >= 11 is 3.36. The molecule has 0 fully saturated rings. The van der Waals surface area contributed by atoms with Gasteiger partial charge in [-0.05, 0) is 53.4 Å². The van der Waals surface area contributed by atoms with E-state index >= 15 is 0 Å². The van der Waals surface area contributed by atoms with E-state index in [0.717, 1.165) is 43.9 Å². The van der Waals surface area contributed by atoms with Gasteiger partial charge in [0.1, 0.15) is 11.7 Å². The van der Waals surface area contributed by atoms with E-state index in [4.69, 9.17) is 14.2 Å². The predicted molar refractivity (Wildman–Crippen MR) is 129 cm³/mol. The van der Waals surface area contributed by atoms with Crippen LogP contribution in [0.15, 0.2) is 0 Å². The summed E-state index contributed by atoms with van der Waals surface area (Å²) < 4.78 is 14.5. The number of esters is 3. The number of carbonyl (C=O) groups is 4. The molecule has 0 aromatic rings. The van der Waals surface area contributed by atoms with Crippen LogP contribution in [0, 0.1) is 5.92 Å². The third-order valence-electron chi connectivity index (χ3n) is 4.56. The van der Waals surface area contributed by atoms with Crippen molar-refractivity contribution >= 4 is 39.6 Å². The second-order valence-electron chi connectivity index (χ2n) is 7.33. The topological polar surface area (TPSA) is 96.0 Å². The molecule has 0 bridgehead atoms. The summed E-state index contributed by atoms with van der Waals surface area (Å²) in [6.45, 7) is 7.98. The Morgan fingerprint density at radius 2 is 1.09 bits per heavy atom. The molecule has 0 amide bonds. The highest BCUT2D eigenvalue weighted by Crippen LogP contribution is 2.14. The number of carbonyl (C=O) groups excluding carboxylic acids is 4. The molecule has 32 heavy (non-hydrogen) atoms. The highest BCUT2D eigenvalue weighted by atomic mass is 79.9. The number of hydrogen-bond donors (Lipinski definition) is 0. The molecule has 188 valence electrons. The zero-order chi connectivity index (χ0) is 24.6. The molecule has 1 unspecified atom stereocenters. The first-order valence-corrected chi connectivity index (χ1v) is 13.0. The second-order valence-corrected chi connectivity index (χ2v) is 8.12. The Hall–Kier alpha value is -1.44. The number of hydrogen-bond acceptors (Lipinski definition) is 7. The number of unbranched alkanes of at least 4 members (excludes halogenated alkanes) is 6. The monoisotopic (exact) mass is 522 g/mol. The highest BCUT2D eigenvalue weighted by molar-refractivity contribution is 9.09. The number of ether oxygens (including phenoxy) is 3. The maximum absolute atomic E-state index is 11.6. The van der Waals surface area contributed by atoms with E-state index in [1.165, 1.54) is 19.8 Å². The van der Waals surface area contributed by atoms with E-state index in [2.05, 4.69) is 15.9 Å². The molecule has 0 aromatic carbocycles. The fourth-order valence-electron chi connectivity index (χ4n) is 2.88. The minimum Gasteiger partial charge on any atom is -0.466 e. The summed E-state index contributed by atoms with van der Waals surface area (Å²) in [5.41, 5.74) is 0. The van der Waals surface area contributed by atoms with E-state index in [-0.39, 0.29) is 17.7 Å². The molecule has 8 heteroatoms. The number of ketones is 1. The zero-order valence-electron chi connectivity index (χ0n) is 20.4. The molecule has 0 rings (SSSR count). The van der Waals surface area contributed by atoms with Crippen LogP contribution >= 0.6 is 15.9 Å². The summed E-state index contributed by atoms with van der Waals surface area (Å²) in [5, 5.41) is 1.06. The minimum atomic E-state index is -0.639. The third kappa shape index (κ3) is 21.8. The Kier molecular flexibility index (Phi) is 24.8. The van der Waals surface area contributed by atoms with E-state index in [9.17, 15) is 19.2 Å². The number of halogens is 1. The molecule has 1 atom stereocenters. The number of alkyl halides is 1. The Morgan fingerprint density at radius 3 is 1.50 bits per heavy atom. The quantitative estimate of drug-likeness (QED) is 0.0764. The summed E-state index contributed by atoms with van der Waals surface area (Å²) in [6.07, 6.45) is 9.37. The van der Waals surface area contributed by atoms with Gasteiger partial charge in [0, 0.05) is 18.2 Å². The molecule has 0 saturated heterocycles. The second kappa shape index (κ2) is 24.2. The van der Waals surface area contributed by atoms with Gasteiger partial charge in [-0.1, -0.05) is 48.0 Å². The Balaban J connectivity index is 0. The van der Waals surface area contributed by atoms with Gasteiger partial charge in [-0.2, -0.15) is 0 Å². The van der Waals surface area contributed by atoms with Crippen LogP contribution < -0.4 is 0 Å². The van der Waals surface area contributed by atoms with Gasteiger partial charge < -0.3 is 14.2 Å². The normalized spacial score (nSPS) is 11.0. The maximum Gasteiger partial charge on any atom is 0.316 e. The maximum atomic E-state index is 11.6. The van der Waals surface area contributed by atoms with Crippen LogP contribution in [0.1, 0.15) is 98.3 Å². The van der Waals surface area contributed by atoms with Crippen molar-refractivity contribution < 1.29 is 33.4 Å². The average molecular weight is 524 g/mol. The van der Waals surface area contributed by atoms with E-state index in [1.54, 1.807) is 13.8 Å². The molecule has 0 N–H and O–H groups in total. The van der Waals surface area contributed by atoms with Crippen molar-refractivity contribution in [3.63, 3.8) is 0 Å². The van der Waals surface area contributed by atoms with Gasteiger partial charge in [0.2, 0.25) is 0 Å². The predicted octanol–water partition coefficient (Wildman–Crippen LogP) is 5.55. The lowest BCUT2D eigenvalue weighted by Crippen LogP contribution is -2.24. The summed E-state index contributed by atoms with van der Waals surface area (Å²) in [5.74, 6) is -1.43. The summed E-state index contributed by atoms with van der Waals surface area (Å²) in [4.78, 5) is 44.9. The smallest absolute Gasteiger partial charge is 0.316 e. The first kappa shape index (κ1) is 32.7. The molecule has 0 heterocycles. The standard InChI is InChI=1S/C15H26O5.C9H17BrO2/c1-4-19-14(17)11-9-7-6-8-10-13(12(3)16)15(18)20-5-2;1-2-12-9(11)7-5-3-4-6-8-10/h13H,4-11H2,1-3H3;2-8H2,1H3. The third-order valence-corrected chi connectivity index (χ3v) is 5.12. The lowest BCUT2D eigenvalue weighted by Gasteiger charge is -2.12. The minimum absolute atomic E-state index is 0.0589. The molecule has 0 radical (unpaired) electrons. The number of rotatable bonds is 18. The highest BCUT2D eigenvalue weighted by Gasteiger charge is 2.23. The Morgan fingerprint density at radius 1 is 0.656 bits per heavy atom. The van der Waals surface area contributed by atoms with Crippen molar-refractivity contribution in [1.29, 1.82) is 0 Å². The summed E-state index contributed by atoms with van der Waals surface area (Å²) in [7, 11) is 0. The molecule has 0 aliphatic heterocycles. The van der Waals surface area contributed by atoms with Gasteiger partial charge in [0.05, 0.1) is 19.8 Å². The van der Waals surface area contributed by atoms with Crippen LogP contribution in [0.5, 0.6) is 0 Å². The van der Waals surface area contributed by atoms with Crippen molar-refractivity contribution in [2.24, 2.45) is 5.92 Å². The van der Waals surface area contributed by atoms with Gasteiger partial charge in [-0.15, -0.1) is 0 Å². The van der Waals surface area contributed by atoms with E-state index in [1.807, 2.05) is 6.92 Å². The van der Waals surface area contributed by atoms with Crippen LogP contribution in [0.2, 0.25) is 0 Å². The first-order valence-electron chi connectivity index (χ1n) is 11.9. The van der Waals surface area contributed by atoms with Crippen molar-refractivity contribution in [3.8, 4) is 0 Å².